The average molecular weight is 351 g/mol. The van der Waals surface area contributed by atoms with E-state index in [9.17, 15) is 0 Å². The number of benzene rings is 1. The van der Waals surface area contributed by atoms with Crippen LogP contribution in [0, 0.1) is 6.92 Å². The minimum atomic E-state index is -4.67. The van der Waals surface area contributed by atoms with Gasteiger partial charge in [-0.3, -0.25) is 18.2 Å². The molecule has 1 aromatic rings. The van der Waals surface area contributed by atoms with Gasteiger partial charge in [0.05, 0.1) is 0 Å². The lowest BCUT2D eigenvalue weighted by molar-refractivity contribution is 0.311. The van der Waals surface area contributed by atoms with Crippen LogP contribution in [-0.4, -0.2) is 40.3 Å². The minimum absolute atomic E-state index is 0.765. The lowest BCUT2D eigenvalue weighted by Gasteiger charge is -1.98. The monoisotopic (exact) mass is 351 g/mol. The van der Waals surface area contributed by atoms with Crippen LogP contribution < -0.4 is 17.4 Å². The highest BCUT2D eigenvalue weighted by Crippen LogP contribution is 2.12. The van der Waals surface area contributed by atoms with Crippen LogP contribution in [0.4, 0.5) is 11.4 Å². The predicted octanol–water partition coefficient (Wildman–Crippen LogP) is -0.812. The molecule has 1 rings (SSSR count). The molecule has 0 unspecified atom stereocenters. The number of anilines is 2. The van der Waals surface area contributed by atoms with Crippen molar-refractivity contribution in [2.45, 2.75) is 6.92 Å². The van der Waals surface area contributed by atoms with Crippen molar-refractivity contribution >= 4 is 32.2 Å². The van der Waals surface area contributed by atoms with Crippen LogP contribution in [0.5, 0.6) is 0 Å². The zero-order valence-corrected chi connectivity index (χ0v) is 12.3. The Balaban J connectivity index is -0.000000234. The Labute approximate surface area is 121 Å². The van der Waals surface area contributed by atoms with Crippen LogP contribution in [0.2, 0.25) is 0 Å². The number of nitrogens with two attached hydrogens (primary N) is 3. The van der Waals surface area contributed by atoms with Crippen molar-refractivity contribution in [2.75, 3.05) is 11.5 Å². The van der Waals surface area contributed by atoms with Crippen molar-refractivity contribution in [1.82, 2.24) is 0 Å². The third-order valence-corrected chi connectivity index (χ3v) is 1.29. The van der Waals surface area contributed by atoms with Gasteiger partial charge in [0.2, 0.25) is 0 Å². The first-order valence-corrected chi connectivity index (χ1v) is 7.26. The van der Waals surface area contributed by atoms with Gasteiger partial charge in [0.15, 0.2) is 0 Å². The summed E-state index contributed by atoms with van der Waals surface area (Å²) < 4.78 is 63.2. The molecule has 0 aromatic heterocycles. The number of hydrogen-bond acceptors (Lipinski definition) is 8. The van der Waals surface area contributed by atoms with E-state index in [4.69, 9.17) is 51.7 Å². The van der Waals surface area contributed by atoms with E-state index in [1.807, 2.05) is 19.1 Å². The van der Waals surface area contributed by atoms with Gasteiger partial charge in [-0.25, -0.2) is 5.90 Å². The summed E-state index contributed by atoms with van der Waals surface area (Å²) in [4.78, 5) is 0. The van der Waals surface area contributed by atoms with E-state index in [1.54, 1.807) is 6.07 Å². The zero-order valence-electron chi connectivity index (χ0n) is 10.6. The first kappa shape index (κ1) is 24.5. The maximum Gasteiger partial charge on any atom is 0.394 e. The SMILES string of the molecule is Cc1cc(N)ccc1N.NO.O=S(=O)(O)O.O=S(=O)(O)O. The Morgan fingerprint density at radius 2 is 1.14 bits per heavy atom. The second-order valence-corrected chi connectivity index (χ2v) is 4.80. The summed E-state index contributed by atoms with van der Waals surface area (Å²) >= 11 is 0. The van der Waals surface area contributed by atoms with Gasteiger partial charge >= 0.3 is 20.8 Å². The fourth-order valence-electron chi connectivity index (χ4n) is 0.699. The molecule has 14 heteroatoms. The molecule has 0 amide bonds. The normalized spacial score (nSPS) is 9.86. The maximum absolute atomic E-state index is 8.74. The average Bonchev–Trinajstić information content (AvgIpc) is 2.22. The van der Waals surface area contributed by atoms with Gasteiger partial charge in [-0.2, -0.15) is 16.8 Å². The molecule has 0 atom stereocenters. The summed E-state index contributed by atoms with van der Waals surface area (Å²) in [7, 11) is -9.33. The lowest BCUT2D eigenvalue weighted by Crippen LogP contribution is -1.91. The number of nitrogen functional groups attached to an aromatic ring is 2. The van der Waals surface area contributed by atoms with E-state index in [1.165, 1.54) is 0 Å². The molecule has 0 saturated heterocycles. The number of rotatable bonds is 0. The van der Waals surface area contributed by atoms with Crippen LogP contribution in [0.1, 0.15) is 5.56 Å². The smallest absolute Gasteiger partial charge is 0.394 e. The highest BCUT2D eigenvalue weighted by molar-refractivity contribution is 7.80. The molecule has 0 radical (unpaired) electrons. The van der Waals surface area contributed by atoms with Crippen LogP contribution >= 0.6 is 0 Å². The molecule has 0 heterocycles. The first-order valence-electron chi connectivity index (χ1n) is 4.47. The van der Waals surface area contributed by atoms with Crippen LogP contribution in [-0.2, 0) is 20.8 Å². The Morgan fingerprint density at radius 3 is 1.33 bits per heavy atom. The molecule has 1 aromatic carbocycles. The Hall–Kier alpha value is -1.52. The Bertz CT molecular complexity index is 554. The van der Waals surface area contributed by atoms with Crippen molar-refractivity contribution in [3.05, 3.63) is 23.8 Å². The van der Waals surface area contributed by atoms with Crippen molar-refractivity contribution in [2.24, 2.45) is 5.90 Å². The summed E-state index contributed by atoms with van der Waals surface area (Å²) in [5.74, 6) is 3.50. The number of aryl methyl sites for hydroxylation is 1. The van der Waals surface area contributed by atoms with Crippen LogP contribution in [0.15, 0.2) is 18.2 Å². The summed E-state index contributed by atoms with van der Waals surface area (Å²) in [6.07, 6.45) is 0. The third kappa shape index (κ3) is 38.1. The summed E-state index contributed by atoms with van der Waals surface area (Å²) in [6, 6.07) is 5.46. The summed E-state index contributed by atoms with van der Waals surface area (Å²) in [5.41, 5.74) is 13.6. The standard InChI is InChI=1S/C7H10N2.H3NO.2H2O4S/c1-5-4-6(8)2-3-7(5)9;1-2;2*1-5(2,3)4/h2-4H,8-9H2,1H3;2H,1H2;2*(H2,1,2,3,4). The molecule has 0 bridgehead atoms. The predicted molar refractivity (Wildman–Crippen MR) is 74.3 cm³/mol. The van der Waals surface area contributed by atoms with Gasteiger partial charge in [0, 0.05) is 11.4 Å². The van der Waals surface area contributed by atoms with Gasteiger partial charge in [-0.1, -0.05) is 0 Å². The third-order valence-electron chi connectivity index (χ3n) is 1.29. The van der Waals surface area contributed by atoms with Gasteiger partial charge in [-0.15, -0.1) is 0 Å². The summed E-state index contributed by atoms with van der Waals surface area (Å²) in [6.45, 7) is 1.94. The van der Waals surface area contributed by atoms with Gasteiger partial charge in [-0.05, 0) is 30.7 Å². The molecular weight excluding hydrogens is 334 g/mol. The Kier molecular flexibility index (Phi) is 13.0. The van der Waals surface area contributed by atoms with Crippen molar-refractivity contribution < 1.29 is 40.3 Å². The molecule has 21 heavy (non-hydrogen) atoms. The zero-order chi connectivity index (χ0) is 17.9. The van der Waals surface area contributed by atoms with E-state index in [0.29, 0.717) is 0 Å². The molecule has 126 valence electrons. The molecule has 0 saturated carbocycles. The van der Waals surface area contributed by atoms with E-state index >= 15 is 0 Å². The van der Waals surface area contributed by atoms with E-state index in [0.717, 1.165) is 16.9 Å². The lowest BCUT2D eigenvalue weighted by atomic mass is 10.2. The van der Waals surface area contributed by atoms with Gasteiger partial charge in [0.1, 0.15) is 0 Å². The first-order chi connectivity index (χ1) is 9.20. The maximum atomic E-state index is 8.74. The highest BCUT2D eigenvalue weighted by atomic mass is 32.3. The molecule has 11 N–H and O–H groups in total. The van der Waals surface area contributed by atoms with Crippen LogP contribution in [0.25, 0.3) is 0 Å². The van der Waals surface area contributed by atoms with E-state index < -0.39 is 20.8 Å². The van der Waals surface area contributed by atoms with Crippen molar-refractivity contribution in [1.29, 1.82) is 0 Å². The summed E-state index contributed by atoms with van der Waals surface area (Å²) in [5, 5.41) is 6.50. The number of hydrogen-bond donors (Lipinski definition) is 8. The quantitative estimate of drug-likeness (QED) is 0.162. The molecule has 0 aliphatic carbocycles. The molecule has 12 nitrogen and oxygen atoms in total. The second-order valence-electron chi connectivity index (χ2n) is 3.01. The van der Waals surface area contributed by atoms with E-state index in [-0.39, 0.29) is 0 Å². The largest absolute Gasteiger partial charge is 0.399 e. The minimum Gasteiger partial charge on any atom is -0.399 e. The van der Waals surface area contributed by atoms with Gasteiger partial charge in [0.25, 0.3) is 0 Å². The molecular formula is C7H17N3O9S2. The van der Waals surface area contributed by atoms with Crippen LogP contribution in [0.3, 0.4) is 0 Å². The molecule has 0 aliphatic heterocycles. The highest BCUT2D eigenvalue weighted by Gasteiger charge is 1.90. The van der Waals surface area contributed by atoms with Crippen molar-refractivity contribution in [3.8, 4) is 0 Å². The second kappa shape index (κ2) is 11.2. The topological polar surface area (TPSA) is 247 Å². The molecule has 0 fully saturated rings. The Morgan fingerprint density at radius 1 is 0.857 bits per heavy atom. The fraction of sp³-hybridized carbons (Fsp3) is 0.143. The molecule has 0 aliphatic rings. The van der Waals surface area contributed by atoms with E-state index in [2.05, 4.69) is 5.90 Å². The van der Waals surface area contributed by atoms with Gasteiger partial charge < -0.3 is 16.7 Å². The molecule has 0 spiro atoms. The van der Waals surface area contributed by atoms with Crippen molar-refractivity contribution in [3.63, 3.8) is 0 Å². The fourth-order valence-corrected chi connectivity index (χ4v) is 0.699.